The normalized spacial score (nSPS) is 18.2. The maximum atomic E-state index is 13.6. The highest BCUT2D eigenvalue weighted by molar-refractivity contribution is 5.75. The van der Waals surface area contributed by atoms with Crippen molar-refractivity contribution in [2.75, 3.05) is 13.1 Å². The fourth-order valence-corrected chi connectivity index (χ4v) is 4.11. The number of amides is 2. The van der Waals surface area contributed by atoms with Gasteiger partial charge in [-0.3, -0.25) is 4.68 Å². The van der Waals surface area contributed by atoms with Gasteiger partial charge in [-0.1, -0.05) is 13.0 Å². The average molecular weight is 390 g/mol. The van der Waals surface area contributed by atoms with E-state index in [-0.39, 0.29) is 18.0 Å². The summed E-state index contributed by atoms with van der Waals surface area (Å²) in [6.07, 6.45) is 2.45. The van der Waals surface area contributed by atoms with Crippen LogP contribution in [0.25, 0.3) is 0 Å². The summed E-state index contributed by atoms with van der Waals surface area (Å²) in [7, 11) is 1.90. The number of nitrogens with one attached hydrogen (secondary N) is 1. The second-order valence-electron chi connectivity index (χ2n) is 7.58. The lowest BCUT2D eigenvalue weighted by Gasteiger charge is -2.34. The minimum absolute atomic E-state index is 0.0107. The van der Waals surface area contributed by atoms with Gasteiger partial charge >= 0.3 is 6.03 Å². The molecule has 0 bridgehead atoms. The fraction of sp³-hybridized carbons (Fsp3) is 0.524. The Morgan fingerprint density at radius 2 is 2.07 bits per heavy atom. The Labute approximate surface area is 164 Å². The van der Waals surface area contributed by atoms with Crippen LogP contribution in [0.4, 0.5) is 13.6 Å². The van der Waals surface area contributed by atoms with Gasteiger partial charge in [-0.25, -0.2) is 13.6 Å². The first kappa shape index (κ1) is 20.3. The van der Waals surface area contributed by atoms with Crippen molar-refractivity contribution in [2.24, 2.45) is 7.05 Å². The molecule has 2 heterocycles. The van der Waals surface area contributed by atoms with E-state index in [1.807, 2.05) is 32.5 Å². The van der Waals surface area contributed by atoms with E-state index >= 15 is 0 Å². The van der Waals surface area contributed by atoms with Crippen LogP contribution >= 0.6 is 0 Å². The number of halogens is 2. The molecule has 1 N–H and O–H groups in total. The van der Waals surface area contributed by atoms with Crippen molar-refractivity contribution in [3.63, 3.8) is 0 Å². The van der Waals surface area contributed by atoms with Crippen LogP contribution in [0.5, 0.6) is 0 Å². The van der Waals surface area contributed by atoms with E-state index in [9.17, 15) is 13.6 Å². The largest absolute Gasteiger partial charge is 0.331 e. The Morgan fingerprint density at radius 3 is 2.68 bits per heavy atom. The Balaban J connectivity index is 1.71. The summed E-state index contributed by atoms with van der Waals surface area (Å²) >= 11 is 0. The third-order valence-electron chi connectivity index (χ3n) is 5.74. The molecule has 1 aliphatic heterocycles. The molecule has 1 aliphatic rings. The summed E-state index contributed by atoms with van der Waals surface area (Å²) in [5.74, 6) is -1.67. The zero-order chi connectivity index (χ0) is 20.4. The van der Waals surface area contributed by atoms with E-state index in [1.165, 1.54) is 6.07 Å². The van der Waals surface area contributed by atoms with Gasteiger partial charge in [0.05, 0.1) is 11.7 Å². The molecule has 5 nitrogen and oxygen atoms in total. The number of rotatable bonds is 4. The zero-order valence-electron chi connectivity index (χ0n) is 16.9. The van der Waals surface area contributed by atoms with Gasteiger partial charge in [0.1, 0.15) is 0 Å². The van der Waals surface area contributed by atoms with E-state index in [0.29, 0.717) is 13.1 Å². The molecule has 1 aromatic heterocycles. The highest BCUT2D eigenvalue weighted by Crippen LogP contribution is 2.29. The minimum Gasteiger partial charge on any atom is -0.331 e. The van der Waals surface area contributed by atoms with Gasteiger partial charge in [0, 0.05) is 37.3 Å². The third-order valence-corrected chi connectivity index (χ3v) is 5.74. The second kappa shape index (κ2) is 8.29. The molecule has 0 saturated carbocycles. The van der Waals surface area contributed by atoms with Gasteiger partial charge in [-0.15, -0.1) is 0 Å². The average Bonchev–Trinajstić information content (AvgIpc) is 2.94. The topological polar surface area (TPSA) is 50.2 Å². The van der Waals surface area contributed by atoms with E-state index in [2.05, 4.69) is 10.4 Å². The predicted octanol–water partition coefficient (Wildman–Crippen LogP) is 4.36. The predicted molar refractivity (Wildman–Crippen MR) is 104 cm³/mol. The summed E-state index contributed by atoms with van der Waals surface area (Å²) in [4.78, 5) is 14.7. The molecule has 1 fully saturated rings. The van der Waals surface area contributed by atoms with Gasteiger partial charge < -0.3 is 10.2 Å². The van der Waals surface area contributed by atoms with Crippen molar-refractivity contribution in [1.29, 1.82) is 0 Å². The molecular weight excluding hydrogens is 362 g/mol. The number of benzene rings is 1. The molecule has 1 aromatic carbocycles. The van der Waals surface area contributed by atoms with Crippen LogP contribution in [0, 0.1) is 25.5 Å². The SMILES string of the molecule is CCC(NC(=O)N1CCCC(c2ccc(F)c(F)c2)C1)c1c(C)nn(C)c1C. The number of carbonyl (C=O) groups is 1. The van der Waals surface area contributed by atoms with E-state index in [0.717, 1.165) is 47.8 Å². The van der Waals surface area contributed by atoms with Crippen LogP contribution in [0.15, 0.2) is 18.2 Å². The maximum Gasteiger partial charge on any atom is 0.317 e. The lowest BCUT2D eigenvalue weighted by Crippen LogP contribution is -2.46. The molecule has 28 heavy (non-hydrogen) atoms. The first-order valence-electron chi connectivity index (χ1n) is 9.82. The lowest BCUT2D eigenvalue weighted by molar-refractivity contribution is 0.175. The molecule has 0 spiro atoms. The molecule has 2 unspecified atom stereocenters. The van der Waals surface area contributed by atoms with Crippen molar-refractivity contribution in [2.45, 2.75) is 52.0 Å². The van der Waals surface area contributed by atoms with Crippen LogP contribution in [0.1, 0.15) is 60.7 Å². The highest BCUT2D eigenvalue weighted by atomic mass is 19.2. The number of carbonyl (C=O) groups excluding carboxylic acids is 1. The van der Waals surface area contributed by atoms with Gasteiger partial charge in [-0.2, -0.15) is 5.10 Å². The molecule has 1 saturated heterocycles. The maximum absolute atomic E-state index is 13.6. The number of hydrogen-bond acceptors (Lipinski definition) is 2. The Morgan fingerprint density at radius 1 is 1.32 bits per heavy atom. The monoisotopic (exact) mass is 390 g/mol. The summed E-state index contributed by atoms with van der Waals surface area (Å²) in [5, 5.41) is 7.59. The fourth-order valence-electron chi connectivity index (χ4n) is 4.11. The summed E-state index contributed by atoms with van der Waals surface area (Å²) < 4.78 is 28.7. The molecule has 0 radical (unpaired) electrons. The van der Waals surface area contributed by atoms with E-state index in [1.54, 1.807) is 11.0 Å². The molecule has 3 rings (SSSR count). The third kappa shape index (κ3) is 4.03. The molecule has 2 aromatic rings. The number of piperidine rings is 1. The number of likely N-dealkylation sites (tertiary alicyclic amines) is 1. The van der Waals surface area contributed by atoms with Crippen LogP contribution in [0.2, 0.25) is 0 Å². The van der Waals surface area contributed by atoms with Gasteiger partial charge in [0.2, 0.25) is 0 Å². The van der Waals surface area contributed by atoms with Crippen LogP contribution in [-0.4, -0.2) is 33.8 Å². The molecule has 152 valence electrons. The van der Waals surface area contributed by atoms with Crippen molar-refractivity contribution >= 4 is 6.03 Å². The Kier molecular flexibility index (Phi) is 6.01. The van der Waals surface area contributed by atoms with Crippen LogP contribution in [-0.2, 0) is 7.05 Å². The molecule has 2 atom stereocenters. The van der Waals surface area contributed by atoms with E-state index in [4.69, 9.17) is 0 Å². The highest BCUT2D eigenvalue weighted by Gasteiger charge is 2.28. The minimum atomic E-state index is -0.845. The molecule has 7 heteroatoms. The zero-order valence-corrected chi connectivity index (χ0v) is 16.9. The number of hydrogen-bond donors (Lipinski definition) is 1. The van der Waals surface area contributed by atoms with E-state index < -0.39 is 11.6 Å². The molecule has 0 aliphatic carbocycles. The molecular formula is C21H28F2N4O. The van der Waals surface area contributed by atoms with Gasteiger partial charge in [0.15, 0.2) is 11.6 Å². The second-order valence-corrected chi connectivity index (χ2v) is 7.58. The number of nitrogens with zero attached hydrogens (tertiary/aromatic N) is 3. The Bertz CT molecular complexity index is 864. The summed E-state index contributed by atoms with van der Waals surface area (Å²) in [5.41, 5.74) is 3.77. The number of aromatic nitrogens is 2. The number of urea groups is 1. The first-order chi connectivity index (χ1) is 13.3. The standard InChI is InChI=1S/C21H28F2N4O/c1-5-19(20-13(2)25-26(4)14(20)3)24-21(28)27-10-6-7-16(12-27)15-8-9-17(22)18(23)11-15/h8-9,11,16,19H,5-7,10,12H2,1-4H3,(H,24,28). The molecule has 2 amide bonds. The van der Waals surface area contributed by atoms with Gasteiger partial charge in [-0.05, 0) is 50.8 Å². The van der Waals surface area contributed by atoms with Crippen LogP contribution < -0.4 is 5.32 Å². The van der Waals surface area contributed by atoms with Crippen molar-refractivity contribution in [3.8, 4) is 0 Å². The smallest absolute Gasteiger partial charge is 0.317 e. The quantitative estimate of drug-likeness (QED) is 0.844. The Hall–Kier alpha value is -2.44. The van der Waals surface area contributed by atoms with Crippen molar-refractivity contribution < 1.29 is 13.6 Å². The van der Waals surface area contributed by atoms with Crippen molar-refractivity contribution in [1.82, 2.24) is 20.0 Å². The summed E-state index contributed by atoms with van der Waals surface area (Å²) in [6, 6.07) is 3.79. The van der Waals surface area contributed by atoms with Crippen molar-refractivity contribution in [3.05, 3.63) is 52.3 Å². The number of aryl methyl sites for hydroxylation is 2. The lowest BCUT2D eigenvalue weighted by atomic mass is 9.90. The van der Waals surface area contributed by atoms with Gasteiger partial charge in [0.25, 0.3) is 0 Å². The first-order valence-corrected chi connectivity index (χ1v) is 9.82. The summed E-state index contributed by atoms with van der Waals surface area (Å²) in [6.45, 7) is 7.16. The van der Waals surface area contributed by atoms with Crippen LogP contribution in [0.3, 0.4) is 0 Å².